The number of benzene rings is 7. The van der Waals surface area contributed by atoms with E-state index in [0.717, 1.165) is 99.8 Å². The second-order valence-electron chi connectivity index (χ2n) is 13.8. The van der Waals surface area contributed by atoms with Crippen LogP contribution >= 0.6 is 0 Å². The van der Waals surface area contributed by atoms with Crippen molar-refractivity contribution >= 4 is 43.9 Å². The number of furan rings is 2. The van der Waals surface area contributed by atoms with Crippen LogP contribution in [0.3, 0.4) is 0 Å². The van der Waals surface area contributed by atoms with E-state index >= 15 is 0 Å². The van der Waals surface area contributed by atoms with Crippen LogP contribution in [0.1, 0.15) is 0 Å². The first-order chi connectivity index (χ1) is 27.7. The number of fused-ring (bicyclic) bond motifs is 6. The predicted molar refractivity (Wildman–Crippen MR) is 225 cm³/mol. The van der Waals surface area contributed by atoms with Gasteiger partial charge >= 0.3 is 0 Å². The zero-order valence-corrected chi connectivity index (χ0v) is 29.9. The minimum absolute atomic E-state index is 0.619. The number of nitrogens with zero attached hydrogens (tertiary/aromatic N) is 4. The second-order valence-corrected chi connectivity index (χ2v) is 13.8. The molecule has 0 aliphatic rings. The molecule has 4 heterocycles. The fourth-order valence-electron chi connectivity index (χ4n) is 7.66. The Morgan fingerprint density at radius 2 is 0.911 bits per heavy atom. The lowest BCUT2D eigenvalue weighted by Gasteiger charge is -2.12. The van der Waals surface area contributed by atoms with Gasteiger partial charge in [0.25, 0.3) is 0 Å². The van der Waals surface area contributed by atoms with Crippen molar-refractivity contribution in [3.8, 4) is 67.5 Å². The van der Waals surface area contributed by atoms with Crippen molar-refractivity contribution in [3.05, 3.63) is 182 Å². The molecule has 0 saturated carbocycles. The molecule has 7 aromatic carbocycles. The number of para-hydroxylation sites is 2. The molecule has 6 heteroatoms. The van der Waals surface area contributed by atoms with E-state index in [2.05, 4.69) is 88.8 Å². The van der Waals surface area contributed by atoms with Crippen molar-refractivity contribution in [2.75, 3.05) is 0 Å². The molecule has 0 fully saturated rings. The van der Waals surface area contributed by atoms with E-state index in [1.54, 1.807) is 0 Å². The lowest BCUT2D eigenvalue weighted by molar-refractivity contribution is 0.668. The first kappa shape index (κ1) is 31.8. The largest absolute Gasteiger partial charge is 0.456 e. The molecule has 6 nitrogen and oxygen atoms in total. The normalized spacial score (nSPS) is 11.6. The summed E-state index contributed by atoms with van der Waals surface area (Å²) in [5.74, 6) is 1.28. The monoisotopic (exact) mass is 718 g/mol. The summed E-state index contributed by atoms with van der Waals surface area (Å²) < 4.78 is 13.0. The maximum absolute atomic E-state index is 6.70. The van der Waals surface area contributed by atoms with Crippen molar-refractivity contribution in [2.45, 2.75) is 0 Å². The first-order valence-electron chi connectivity index (χ1n) is 18.5. The standard InChI is InChI=1S/C50H30N4O2/c1-3-11-31(12-4-1)36-29-51-49(52-30-36)33-19-21-34(22-20-33)50-53-42(32-13-5-2-6-14-32)28-43(54-50)40-26-25-37(48-47(40)41-16-8-10-18-45(41)56-48)35-23-24-39-38-15-7-9-17-44(38)55-46(39)27-35/h1-30H. The molecule has 0 aliphatic heterocycles. The van der Waals surface area contributed by atoms with Gasteiger partial charge < -0.3 is 8.83 Å². The van der Waals surface area contributed by atoms with Gasteiger partial charge in [-0.3, -0.25) is 0 Å². The molecular weight excluding hydrogens is 689 g/mol. The Kier molecular flexibility index (Phi) is 7.38. The molecule has 4 aromatic heterocycles. The molecule has 0 aliphatic carbocycles. The summed E-state index contributed by atoms with van der Waals surface area (Å²) in [6.07, 6.45) is 3.74. The molecule has 0 N–H and O–H groups in total. The lowest BCUT2D eigenvalue weighted by Crippen LogP contribution is -1.97. The molecule has 56 heavy (non-hydrogen) atoms. The summed E-state index contributed by atoms with van der Waals surface area (Å²) in [5.41, 5.74) is 12.8. The third-order valence-electron chi connectivity index (χ3n) is 10.4. The van der Waals surface area contributed by atoms with E-state index in [-0.39, 0.29) is 0 Å². The Labute approximate surface area is 321 Å². The summed E-state index contributed by atoms with van der Waals surface area (Å²) in [7, 11) is 0. The molecule has 11 rings (SSSR count). The molecule has 11 aromatic rings. The van der Waals surface area contributed by atoms with Gasteiger partial charge in [0.1, 0.15) is 22.3 Å². The summed E-state index contributed by atoms with van der Waals surface area (Å²) >= 11 is 0. The second kappa shape index (κ2) is 13.0. The number of rotatable bonds is 6. The van der Waals surface area contributed by atoms with Crippen LogP contribution in [0.15, 0.2) is 191 Å². The van der Waals surface area contributed by atoms with Crippen LogP contribution in [0.5, 0.6) is 0 Å². The molecule has 0 bridgehead atoms. The molecule has 0 spiro atoms. The number of hydrogen-bond donors (Lipinski definition) is 0. The highest BCUT2D eigenvalue weighted by Crippen LogP contribution is 2.43. The fraction of sp³-hybridized carbons (Fsp3) is 0. The average Bonchev–Trinajstić information content (AvgIpc) is 3.85. The Morgan fingerprint density at radius 1 is 0.339 bits per heavy atom. The van der Waals surface area contributed by atoms with Gasteiger partial charge in [-0.25, -0.2) is 19.9 Å². The first-order valence-corrected chi connectivity index (χ1v) is 18.5. The SMILES string of the molecule is c1ccc(-c2cnc(-c3ccc(-c4nc(-c5ccccc5)cc(-c5ccc(-c6ccc7c(c6)oc6ccccc67)c6oc7ccccc7c56)n4)cc3)nc2)cc1. The molecule has 0 atom stereocenters. The molecule has 0 amide bonds. The van der Waals surface area contributed by atoms with Gasteiger partial charge in [0.15, 0.2) is 11.6 Å². The average molecular weight is 719 g/mol. The van der Waals surface area contributed by atoms with Crippen molar-refractivity contribution in [1.82, 2.24) is 19.9 Å². The zero-order valence-electron chi connectivity index (χ0n) is 29.9. The van der Waals surface area contributed by atoms with E-state index in [9.17, 15) is 0 Å². The minimum Gasteiger partial charge on any atom is -0.456 e. The van der Waals surface area contributed by atoms with Crippen LogP contribution in [0.4, 0.5) is 0 Å². The van der Waals surface area contributed by atoms with E-state index < -0.39 is 0 Å². The molecule has 262 valence electrons. The van der Waals surface area contributed by atoms with E-state index in [0.29, 0.717) is 11.6 Å². The molecule has 0 unspecified atom stereocenters. The molecule has 0 saturated heterocycles. The van der Waals surface area contributed by atoms with Crippen molar-refractivity contribution in [3.63, 3.8) is 0 Å². The molecule has 0 radical (unpaired) electrons. The maximum atomic E-state index is 6.70. The molecular formula is C50H30N4O2. The Hall–Kier alpha value is -7.70. The van der Waals surface area contributed by atoms with Gasteiger partial charge in [-0.15, -0.1) is 0 Å². The predicted octanol–water partition coefficient (Wildman–Crippen LogP) is 13.1. The van der Waals surface area contributed by atoms with Crippen LogP contribution in [-0.4, -0.2) is 19.9 Å². The number of hydrogen-bond acceptors (Lipinski definition) is 6. The van der Waals surface area contributed by atoms with Crippen molar-refractivity contribution < 1.29 is 8.83 Å². The van der Waals surface area contributed by atoms with E-state index in [1.807, 2.05) is 103 Å². The highest BCUT2D eigenvalue weighted by Gasteiger charge is 2.20. The van der Waals surface area contributed by atoms with Crippen LogP contribution in [0, 0.1) is 0 Å². The zero-order chi connectivity index (χ0) is 37.0. The Bertz CT molecular complexity index is 3220. The third kappa shape index (κ3) is 5.43. The fourth-order valence-corrected chi connectivity index (χ4v) is 7.66. The van der Waals surface area contributed by atoms with Crippen LogP contribution < -0.4 is 0 Å². The number of aromatic nitrogens is 4. The van der Waals surface area contributed by atoms with Gasteiger partial charge in [-0.1, -0.05) is 133 Å². The maximum Gasteiger partial charge on any atom is 0.160 e. The summed E-state index contributed by atoms with van der Waals surface area (Å²) in [6.45, 7) is 0. The van der Waals surface area contributed by atoms with E-state index in [1.165, 1.54) is 0 Å². The third-order valence-corrected chi connectivity index (χ3v) is 10.4. The summed E-state index contributed by atoms with van der Waals surface area (Å²) in [4.78, 5) is 19.7. The van der Waals surface area contributed by atoms with Crippen molar-refractivity contribution in [2.24, 2.45) is 0 Å². The Morgan fingerprint density at radius 3 is 1.66 bits per heavy atom. The highest BCUT2D eigenvalue weighted by molar-refractivity contribution is 6.16. The van der Waals surface area contributed by atoms with Crippen LogP contribution in [0.25, 0.3) is 111 Å². The highest BCUT2D eigenvalue weighted by atomic mass is 16.3. The summed E-state index contributed by atoms with van der Waals surface area (Å²) in [5, 5.41) is 4.21. The van der Waals surface area contributed by atoms with E-state index in [4.69, 9.17) is 18.8 Å². The topological polar surface area (TPSA) is 77.8 Å². The van der Waals surface area contributed by atoms with Gasteiger partial charge in [0.05, 0.1) is 11.4 Å². The van der Waals surface area contributed by atoms with Gasteiger partial charge in [-0.2, -0.15) is 0 Å². The van der Waals surface area contributed by atoms with Crippen LogP contribution in [0.2, 0.25) is 0 Å². The van der Waals surface area contributed by atoms with Crippen LogP contribution in [-0.2, 0) is 0 Å². The van der Waals surface area contributed by atoms with Gasteiger partial charge in [-0.05, 0) is 47.5 Å². The summed E-state index contributed by atoms with van der Waals surface area (Å²) in [6, 6.07) is 57.6. The van der Waals surface area contributed by atoms with Gasteiger partial charge in [0, 0.05) is 67.3 Å². The minimum atomic E-state index is 0.619. The smallest absolute Gasteiger partial charge is 0.160 e. The Balaban J connectivity index is 1.04. The lowest BCUT2D eigenvalue weighted by atomic mass is 9.95. The van der Waals surface area contributed by atoms with Gasteiger partial charge in [0.2, 0.25) is 0 Å². The quantitative estimate of drug-likeness (QED) is 0.170. The van der Waals surface area contributed by atoms with Crippen molar-refractivity contribution in [1.29, 1.82) is 0 Å².